The molecule has 4 rings (SSSR count). The van der Waals surface area contributed by atoms with E-state index in [1.807, 2.05) is 0 Å². The summed E-state index contributed by atoms with van der Waals surface area (Å²) in [6.07, 6.45) is 4.02. The first-order chi connectivity index (χ1) is 15.3. The Balaban J connectivity index is 1.73. The molecule has 0 saturated carbocycles. The fraction of sp³-hybridized carbons (Fsp3) is 0.100. The summed E-state index contributed by atoms with van der Waals surface area (Å²) in [5.74, 6) is -1.21. The topological polar surface area (TPSA) is 121 Å². The fourth-order valence-corrected chi connectivity index (χ4v) is 5.20. The Labute approximate surface area is 193 Å². The summed E-state index contributed by atoms with van der Waals surface area (Å²) in [5, 5.41) is 5.47. The van der Waals surface area contributed by atoms with Crippen LogP contribution in [0.4, 0.5) is 11.4 Å². The van der Waals surface area contributed by atoms with Crippen molar-refractivity contribution in [3.8, 4) is 0 Å². The molecule has 0 bridgehead atoms. The molecule has 12 heteroatoms. The van der Waals surface area contributed by atoms with E-state index in [-0.39, 0.29) is 32.9 Å². The third-order valence-electron chi connectivity index (χ3n) is 4.68. The molecule has 0 fully saturated rings. The Morgan fingerprint density at radius 3 is 2.62 bits per heavy atom. The zero-order valence-corrected chi connectivity index (χ0v) is 18.5. The van der Waals surface area contributed by atoms with Gasteiger partial charge in [-0.15, -0.1) is 0 Å². The van der Waals surface area contributed by atoms with Gasteiger partial charge in [0.25, 0.3) is 15.9 Å². The maximum absolute atomic E-state index is 13.6. The summed E-state index contributed by atoms with van der Waals surface area (Å²) in [7, 11) is -4.26. The minimum absolute atomic E-state index is 0.0306. The normalized spacial score (nSPS) is 15.6. The minimum atomic E-state index is -4.26. The lowest BCUT2D eigenvalue weighted by Gasteiger charge is -2.37. The number of nitrogens with zero attached hydrogens (tertiary/aromatic N) is 3. The van der Waals surface area contributed by atoms with E-state index in [0.29, 0.717) is 5.69 Å². The smallest absolute Gasteiger partial charge is 0.271 e. The molecular formula is C20H15Cl2N5O4S. The first-order valence-electron chi connectivity index (χ1n) is 9.22. The number of benzene rings is 2. The number of carbonyl (C=O) groups excluding carboxylic acids is 2. The van der Waals surface area contributed by atoms with Crippen molar-refractivity contribution in [2.75, 3.05) is 16.2 Å². The lowest BCUT2D eigenvalue weighted by Crippen LogP contribution is -2.55. The zero-order chi connectivity index (χ0) is 22.9. The molecule has 1 aromatic heterocycles. The van der Waals surface area contributed by atoms with Crippen LogP contribution in [0.5, 0.6) is 0 Å². The van der Waals surface area contributed by atoms with E-state index in [2.05, 4.69) is 20.6 Å². The van der Waals surface area contributed by atoms with Gasteiger partial charge in [-0.25, -0.2) is 17.7 Å². The van der Waals surface area contributed by atoms with Crippen molar-refractivity contribution >= 4 is 56.4 Å². The van der Waals surface area contributed by atoms with E-state index >= 15 is 0 Å². The molecular weight excluding hydrogens is 477 g/mol. The van der Waals surface area contributed by atoms with Crippen molar-refractivity contribution in [1.29, 1.82) is 0 Å². The van der Waals surface area contributed by atoms with Crippen LogP contribution in [0.25, 0.3) is 0 Å². The predicted octanol–water partition coefficient (Wildman–Crippen LogP) is 2.73. The highest BCUT2D eigenvalue weighted by molar-refractivity contribution is 7.93. The number of rotatable bonds is 5. The van der Waals surface area contributed by atoms with Crippen LogP contribution in [0, 0.1) is 0 Å². The van der Waals surface area contributed by atoms with Crippen LogP contribution < -0.4 is 14.9 Å². The first kappa shape index (κ1) is 22.0. The van der Waals surface area contributed by atoms with Gasteiger partial charge >= 0.3 is 0 Å². The minimum Gasteiger partial charge on any atom is -0.348 e. The van der Waals surface area contributed by atoms with Crippen LogP contribution in [0.2, 0.25) is 10.0 Å². The number of anilines is 2. The zero-order valence-electron chi connectivity index (χ0n) is 16.2. The van der Waals surface area contributed by atoms with Crippen molar-refractivity contribution in [2.45, 2.75) is 10.9 Å². The second-order valence-corrected chi connectivity index (χ2v) is 9.33. The van der Waals surface area contributed by atoms with Gasteiger partial charge in [-0.2, -0.15) is 0 Å². The van der Waals surface area contributed by atoms with Gasteiger partial charge in [0.15, 0.2) is 0 Å². The van der Waals surface area contributed by atoms with Crippen LogP contribution in [-0.4, -0.2) is 42.8 Å². The van der Waals surface area contributed by atoms with Gasteiger partial charge in [-0.1, -0.05) is 35.3 Å². The number of nitrogens with one attached hydrogen (secondary N) is 2. The lowest BCUT2D eigenvalue weighted by atomic mass is 10.1. The molecule has 1 aliphatic heterocycles. The van der Waals surface area contributed by atoms with Crippen molar-refractivity contribution in [2.24, 2.45) is 0 Å². The van der Waals surface area contributed by atoms with Gasteiger partial charge in [-0.05, 0) is 30.3 Å². The number of para-hydroxylation sites is 2. The Bertz CT molecular complexity index is 1300. The number of carbonyl (C=O) groups is 2. The SMILES string of the molecule is O=C(NC[C@@H]1C(=O)Nc2ccccc2N1S(=O)(=O)c1ccc(Cl)c(Cl)c1)c1cnccn1. The van der Waals surface area contributed by atoms with Crippen molar-refractivity contribution in [3.05, 3.63) is 76.8 Å². The third kappa shape index (κ3) is 4.12. The summed E-state index contributed by atoms with van der Waals surface area (Å²) in [4.78, 5) is 32.8. The van der Waals surface area contributed by atoms with Gasteiger partial charge in [0.1, 0.15) is 11.7 Å². The first-order valence-corrected chi connectivity index (χ1v) is 11.4. The summed E-state index contributed by atoms with van der Waals surface area (Å²) in [6.45, 7) is -0.309. The number of halogens is 2. The summed E-state index contributed by atoms with van der Waals surface area (Å²) in [5.41, 5.74) is 0.595. The highest BCUT2D eigenvalue weighted by Gasteiger charge is 2.41. The summed E-state index contributed by atoms with van der Waals surface area (Å²) < 4.78 is 28.2. The molecule has 2 heterocycles. The molecule has 164 valence electrons. The Kier molecular flexibility index (Phi) is 6.00. The molecule has 0 spiro atoms. The van der Waals surface area contributed by atoms with Crippen molar-refractivity contribution < 1.29 is 18.0 Å². The van der Waals surface area contributed by atoms with Gasteiger partial charge in [0.05, 0.1) is 32.5 Å². The van der Waals surface area contributed by atoms with Crippen molar-refractivity contribution in [3.63, 3.8) is 0 Å². The van der Waals surface area contributed by atoms with Crippen LogP contribution in [0.15, 0.2) is 66.0 Å². The molecule has 9 nitrogen and oxygen atoms in total. The second-order valence-electron chi connectivity index (χ2n) is 6.70. The molecule has 0 saturated heterocycles. The molecule has 2 N–H and O–H groups in total. The Morgan fingerprint density at radius 2 is 1.91 bits per heavy atom. The predicted molar refractivity (Wildman–Crippen MR) is 119 cm³/mol. The second kappa shape index (κ2) is 8.73. The average molecular weight is 492 g/mol. The van der Waals surface area contributed by atoms with Crippen LogP contribution in [0.1, 0.15) is 10.5 Å². The Morgan fingerprint density at radius 1 is 1.12 bits per heavy atom. The van der Waals surface area contributed by atoms with E-state index in [1.165, 1.54) is 36.8 Å². The van der Waals surface area contributed by atoms with Gasteiger partial charge < -0.3 is 10.6 Å². The van der Waals surface area contributed by atoms with Gasteiger partial charge in [-0.3, -0.25) is 14.6 Å². The Hall–Kier alpha value is -3.21. The summed E-state index contributed by atoms with van der Waals surface area (Å²) >= 11 is 12.0. The quantitative estimate of drug-likeness (QED) is 0.565. The van der Waals surface area contributed by atoms with E-state index in [1.54, 1.807) is 24.3 Å². The van der Waals surface area contributed by atoms with E-state index in [9.17, 15) is 18.0 Å². The van der Waals surface area contributed by atoms with Crippen molar-refractivity contribution in [1.82, 2.24) is 15.3 Å². The number of hydrogen-bond acceptors (Lipinski definition) is 6. The van der Waals surface area contributed by atoms with Gasteiger partial charge in [0, 0.05) is 18.9 Å². The molecule has 1 atom stereocenters. The largest absolute Gasteiger partial charge is 0.348 e. The molecule has 0 unspecified atom stereocenters. The monoisotopic (exact) mass is 491 g/mol. The van der Waals surface area contributed by atoms with E-state index < -0.39 is 27.9 Å². The fourth-order valence-electron chi connectivity index (χ4n) is 3.18. The van der Waals surface area contributed by atoms with Gasteiger partial charge in [0.2, 0.25) is 5.91 Å². The van der Waals surface area contributed by atoms with Crippen LogP contribution in [0.3, 0.4) is 0 Å². The van der Waals surface area contributed by atoms with Crippen LogP contribution in [-0.2, 0) is 14.8 Å². The number of hydrogen-bond donors (Lipinski definition) is 2. The molecule has 0 aliphatic carbocycles. The number of aromatic nitrogens is 2. The van der Waals surface area contributed by atoms with E-state index in [0.717, 1.165) is 4.31 Å². The standard InChI is InChI=1S/C20H15Cl2N5O4S/c21-13-6-5-12(9-14(13)22)32(30,31)27-17-4-2-1-3-15(17)26-20(29)18(27)11-25-19(28)16-10-23-7-8-24-16/h1-10,18H,11H2,(H,25,28)(H,26,29)/t18-/m1/s1. The lowest BCUT2D eigenvalue weighted by molar-refractivity contribution is -0.117. The highest BCUT2D eigenvalue weighted by atomic mass is 35.5. The highest BCUT2D eigenvalue weighted by Crippen LogP contribution is 2.37. The third-order valence-corrected chi connectivity index (χ3v) is 7.24. The summed E-state index contributed by atoms with van der Waals surface area (Å²) in [6, 6.07) is 9.04. The number of amides is 2. The number of sulfonamides is 1. The van der Waals surface area contributed by atoms with Crippen LogP contribution >= 0.6 is 23.2 Å². The molecule has 2 aromatic carbocycles. The molecule has 2 amide bonds. The molecule has 1 aliphatic rings. The molecule has 0 radical (unpaired) electrons. The maximum Gasteiger partial charge on any atom is 0.271 e. The molecule has 32 heavy (non-hydrogen) atoms. The van der Waals surface area contributed by atoms with E-state index in [4.69, 9.17) is 23.2 Å². The maximum atomic E-state index is 13.6. The number of fused-ring (bicyclic) bond motifs is 1. The average Bonchev–Trinajstić information content (AvgIpc) is 2.79. The molecule has 3 aromatic rings.